The van der Waals surface area contributed by atoms with E-state index in [9.17, 15) is 19.2 Å². The van der Waals surface area contributed by atoms with Gasteiger partial charge in [-0.1, -0.05) is 42.6 Å². The smallest absolute Gasteiger partial charge is 0.255 e. The van der Waals surface area contributed by atoms with Gasteiger partial charge < -0.3 is 10.2 Å². The highest BCUT2D eigenvalue weighted by atomic mass is 35.5. The monoisotopic (exact) mass is 757 g/mol. The van der Waals surface area contributed by atoms with E-state index in [2.05, 4.69) is 39.2 Å². The molecule has 2 N–H and O–H groups in total. The van der Waals surface area contributed by atoms with Crippen LogP contribution in [-0.4, -0.2) is 67.3 Å². The van der Waals surface area contributed by atoms with Crippen molar-refractivity contribution in [1.82, 2.24) is 30.3 Å². The number of aliphatic imine (C=N–C) groups is 1. The summed E-state index contributed by atoms with van der Waals surface area (Å²) >= 11 is 9.64. The fourth-order valence-electron chi connectivity index (χ4n) is 7.06. The third-order valence-corrected chi connectivity index (χ3v) is 12.6. The van der Waals surface area contributed by atoms with Gasteiger partial charge in [0.1, 0.15) is 22.9 Å². The summed E-state index contributed by atoms with van der Waals surface area (Å²) in [7, 11) is 0. The largest absolute Gasteiger partial charge is 0.356 e. The summed E-state index contributed by atoms with van der Waals surface area (Å²) in [5, 5.41) is 16.0. The van der Waals surface area contributed by atoms with Gasteiger partial charge >= 0.3 is 0 Å². The second kappa shape index (κ2) is 15.3. The zero-order valence-corrected chi connectivity index (χ0v) is 31.7. The van der Waals surface area contributed by atoms with Gasteiger partial charge in [-0.2, -0.15) is 0 Å². The number of fused-ring (bicyclic) bond motifs is 4. The number of amides is 4. The van der Waals surface area contributed by atoms with Gasteiger partial charge in [0.25, 0.3) is 5.91 Å². The quantitative estimate of drug-likeness (QED) is 0.0967. The van der Waals surface area contributed by atoms with E-state index in [1.807, 2.05) is 49.4 Å². The Kier molecular flexibility index (Phi) is 10.6. The minimum absolute atomic E-state index is 0.0797. The van der Waals surface area contributed by atoms with Crippen molar-refractivity contribution in [2.75, 3.05) is 12.3 Å². The number of unbranched alkanes of at least 4 members (excludes halogenated alkanes) is 3. The number of hydrogen-bond acceptors (Lipinski definition) is 9. The lowest BCUT2D eigenvalue weighted by molar-refractivity contribution is -0.137. The topological polar surface area (TPSA) is 139 Å². The SMILES string of the molecule is Cc1sc2c(c1C)C(c1ccc(Cl)cc1)=N[C@@H](CC(=O)NCCCCCCSc1cccc3c1CN(C1CCC(=O)NC1=O)C3=O)c1nnc(C)n1-2. The number of thioether (sulfide) groups is 1. The van der Waals surface area contributed by atoms with Gasteiger partial charge in [0, 0.05) is 51.0 Å². The highest BCUT2D eigenvalue weighted by Gasteiger charge is 2.40. The summed E-state index contributed by atoms with van der Waals surface area (Å²) in [6.07, 6.45) is 4.60. The molecule has 2 aromatic heterocycles. The molecule has 1 fully saturated rings. The van der Waals surface area contributed by atoms with Crippen molar-refractivity contribution in [3.8, 4) is 5.00 Å². The molecule has 0 bridgehead atoms. The molecular weight excluding hydrogens is 718 g/mol. The Balaban J connectivity index is 0.907. The molecule has 3 aliphatic rings. The number of carbonyl (C=O) groups excluding carboxylic acids is 4. The van der Waals surface area contributed by atoms with Crippen LogP contribution in [-0.2, 0) is 20.9 Å². The van der Waals surface area contributed by atoms with E-state index in [1.165, 1.54) is 4.88 Å². The molecule has 0 saturated carbocycles. The van der Waals surface area contributed by atoms with Crippen molar-refractivity contribution in [2.45, 2.75) is 89.2 Å². The third kappa shape index (κ3) is 7.18. The lowest BCUT2D eigenvalue weighted by Gasteiger charge is -2.29. The normalized spacial score (nSPS) is 18.0. The molecule has 52 heavy (non-hydrogen) atoms. The fraction of sp³-hybridized carbons (Fsp3) is 0.395. The number of rotatable bonds is 12. The molecule has 0 aliphatic carbocycles. The summed E-state index contributed by atoms with van der Waals surface area (Å²) < 4.78 is 2.05. The molecule has 14 heteroatoms. The molecule has 270 valence electrons. The number of benzene rings is 2. The summed E-state index contributed by atoms with van der Waals surface area (Å²) in [6, 6.07) is 12.3. The molecule has 2 atom stereocenters. The van der Waals surface area contributed by atoms with Crippen LogP contribution in [0.4, 0.5) is 0 Å². The first-order chi connectivity index (χ1) is 25.1. The molecular formula is C38H40ClN7O4S2. The first-order valence-electron chi connectivity index (χ1n) is 17.6. The number of piperidine rings is 1. The maximum absolute atomic E-state index is 13.3. The van der Waals surface area contributed by atoms with Gasteiger partial charge in [-0.15, -0.1) is 33.3 Å². The zero-order valence-electron chi connectivity index (χ0n) is 29.3. The van der Waals surface area contributed by atoms with E-state index in [0.29, 0.717) is 35.9 Å². The number of thiophene rings is 1. The first kappa shape index (κ1) is 36.0. The second-order valence-electron chi connectivity index (χ2n) is 13.4. The predicted molar refractivity (Wildman–Crippen MR) is 203 cm³/mol. The van der Waals surface area contributed by atoms with Crippen molar-refractivity contribution in [2.24, 2.45) is 4.99 Å². The van der Waals surface area contributed by atoms with E-state index >= 15 is 0 Å². The van der Waals surface area contributed by atoms with E-state index < -0.39 is 18.0 Å². The highest BCUT2D eigenvalue weighted by Crippen LogP contribution is 2.40. The summed E-state index contributed by atoms with van der Waals surface area (Å²) in [4.78, 5) is 59.5. The Morgan fingerprint density at radius 1 is 1.04 bits per heavy atom. The Hall–Kier alpha value is -4.33. The lowest BCUT2D eigenvalue weighted by Crippen LogP contribution is -2.52. The lowest BCUT2D eigenvalue weighted by atomic mass is 9.99. The van der Waals surface area contributed by atoms with Crippen LogP contribution >= 0.6 is 34.7 Å². The number of aryl methyl sites for hydroxylation is 2. The average Bonchev–Trinajstić information content (AvgIpc) is 3.73. The zero-order chi connectivity index (χ0) is 36.5. The minimum Gasteiger partial charge on any atom is -0.356 e. The van der Waals surface area contributed by atoms with Crippen LogP contribution in [0, 0.1) is 20.8 Å². The number of nitrogens with zero attached hydrogens (tertiary/aromatic N) is 5. The third-order valence-electron chi connectivity index (χ3n) is 9.93. The molecule has 4 aromatic rings. The maximum atomic E-state index is 13.3. The van der Waals surface area contributed by atoms with Crippen LogP contribution in [0.15, 0.2) is 52.4 Å². The van der Waals surface area contributed by atoms with Crippen molar-refractivity contribution in [3.63, 3.8) is 0 Å². The van der Waals surface area contributed by atoms with Crippen LogP contribution in [0.5, 0.6) is 0 Å². The van der Waals surface area contributed by atoms with E-state index in [1.54, 1.807) is 28.0 Å². The molecule has 4 amide bonds. The first-order valence-corrected chi connectivity index (χ1v) is 19.8. The maximum Gasteiger partial charge on any atom is 0.255 e. The Morgan fingerprint density at radius 2 is 1.83 bits per heavy atom. The number of nitrogens with one attached hydrogen (secondary N) is 2. The van der Waals surface area contributed by atoms with E-state index in [0.717, 1.165) is 75.1 Å². The molecule has 5 heterocycles. The van der Waals surface area contributed by atoms with Gasteiger partial charge in [0.05, 0.1) is 12.1 Å². The Morgan fingerprint density at radius 3 is 2.62 bits per heavy atom. The molecule has 1 unspecified atom stereocenters. The van der Waals surface area contributed by atoms with Crippen LogP contribution in [0.25, 0.3) is 5.00 Å². The molecule has 0 spiro atoms. The van der Waals surface area contributed by atoms with Crippen molar-refractivity contribution < 1.29 is 19.2 Å². The number of hydrogen-bond donors (Lipinski definition) is 2. The van der Waals surface area contributed by atoms with Gasteiger partial charge in [-0.05, 0) is 81.2 Å². The van der Waals surface area contributed by atoms with Gasteiger partial charge in [-0.3, -0.25) is 34.1 Å². The van der Waals surface area contributed by atoms with Gasteiger partial charge in [-0.25, -0.2) is 0 Å². The minimum atomic E-state index is -0.616. The van der Waals surface area contributed by atoms with Crippen LogP contribution < -0.4 is 10.6 Å². The number of imide groups is 1. The molecule has 1 saturated heterocycles. The van der Waals surface area contributed by atoms with Crippen molar-refractivity contribution in [3.05, 3.63) is 91.8 Å². The highest BCUT2D eigenvalue weighted by molar-refractivity contribution is 7.99. The Labute approximate surface area is 315 Å². The molecule has 2 aromatic carbocycles. The summed E-state index contributed by atoms with van der Waals surface area (Å²) in [6.45, 7) is 7.10. The molecule has 7 rings (SSSR count). The van der Waals surface area contributed by atoms with Crippen molar-refractivity contribution >= 4 is 64.0 Å². The van der Waals surface area contributed by atoms with E-state index in [4.69, 9.17) is 16.6 Å². The number of aromatic nitrogens is 3. The number of halogens is 1. The van der Waals surface area contributed by atoms with Crippen LogP contribution in [0.2, 0.25) is 5.02 Å². The summed E-state index contributed by atoms with van der Waals surface area (Å²) in [5.41, 5.74) is 5.54. The average molecular weight is 758 g/mol. The molecule has 0 radical (unpaired) electrons. The second-order valence-corrected chi connectivity index (χ2v) is 16.2. The van der Waals surface area contributed by atoms with Gasteiger partial charge in [0.2, 0.25) is 17.7 Å². The van der Waals surface area contributed by atoms with E-state index in [-0.39, 0.29) is 30.6 Å². The summed E-state index contributed by atoms with van der Waals surface area (Å²) in [5.74, 6) is 1.40. The standard InChI is InChI=1S/C38H40ClN7O4S2/c1-21-22(2)52-38-33(21)34(24-11-13-25(39)14-12-24)41-28(35-44-43-23(3)46(35)38)19-32(48)40-17-6-4-5-7-18-51-30-10-8-9-26-27(30)20-45(37(26)50)29-15-16-31(47)42-36(29)49/h8-14,28-29H,4-7,15-20H2,1-3H3,(H,40,48)(H,42,47,49)/t28-,29?/m0/s1. The molecule has 3 aliphatic heterocycles. The molecule has 11 nitrogen and oxygen atoms in total. The van der Waals surface area contributed by atoms with Gasteiger partial charge in [0.15, 0.2) is 5.82 Å². The fourth-order valence-corrected chi connectivity index (χ4v) is 9.50. The Bertz CT molecular complexity index is 2090. The van der Waals surface area contributed by atoms with Crippen LogP contribution in [0.1, 0.15) is 100 Å². The van der Waals surface area contributed by atoms with Crippen molar-refractivity contribution in [1.29, 1.82) is 0 Å². The predicted octanol–water partition coefficient (Wildman–Crippen LogP) is 6.42. The number of carbonyl (C=O) groups is 4. The van der Waals surface area contributed by atoms with Crippen LogP contribution in [0.3, 0.4) is 0 Å².